The Balaban J connectivity index is 2.64. The number of hydrogen-bond donors (Lipinski definition) is 3. The molecule has 0 radical (unpaired) electrons. The molecule has 0 aliphatic carbocycles. The highest BCUT2D eigenvalue weighted by Crippen LogP contribution is 2.25. The quantitative estimate of drug-likeness (QED) is 0.698. The van der Waals surface area contributed by atoms with Crippen molar-refractivity contribution in [3.63, 3.8) is 0 Å². The van der Waals surface area contributed by atoms with Gasteiger partial charge in [-0.1, -0.05) is 12.1 Å². The van der Waals surface area contributed by atoms with Gasteiger partial charge in [0.15, 0.2) is 0 Å². The van der Waals surface area contributed by atoms with E-state index < -0.39 is 6.10 Å². The number of nitrogens with two attached hydrogens (primary N) is 1. The molecule has 0 amide bonds. The van der Waals surface area contributed by atoms with Crippen molar-refractivity contribution in [1.82, 2.24) is 4.98 Å². The van der Waals surface area contributed by atoms with Crippen molar-refractivity contribution in [2.45, 2.75) is 20.0 Å². The lowest BCUT2D eigenvalue weighted by molar-refractivity contribution is 0.183. The van der Waals surface area contributed by atoms with Crippen LogP contribution in [0.4, 0.5) is 0 Å². The molecular weight excluding hydrogens is 188 g/mol. The minimum atomic E-state index is -0.601. The molecule has 1 aromatic heterocycles. The predicted octanol–water partition coefficient (Wildman–Crippen LogP) is 1.78. The van der Waals surface area contributed by atoms with Crippen LogP contribution in [0.1, 0.15) is 22.9 Å². The molecule has 0 fully saturated rings. The first-order valence-electron chi connectivity index (χ1n) is 5.10. The Hall–Kier alpha value is -1.32. The molecule has 2 aromatic rings. The molecule has 0 saturated heterocycles. The average molecular weight is 204 g/mol. The standard InChI is InChI=1S/C12H16N2O/c1-7-3-4-8(2)12-9(7)5-10(14-12)11(15)6-13/h3-5,11,14-15H,6,13H2,1-2H3. The second-order valence-corrected chi connectivity index (χ2v) is 3.96. The summed E-state index contributed by atoms with van der Waals surface area (Å²) in [5.74, 6) is 0. The van der Waals surface area contributed by atoms with Crippen LogP contribution in [0.3, 0.4) is 0 Å². The normalized spacial score (nSPS) is 13.3. The van der Waals surface area contributed by atoms with Crippen LogP contribution in [0.2, 0.25) is 0 Å². The largest absolute Gasteiger partial charge is 0.386 e. The van der Waals surface area contributed by atoms with Crippen molar-refractivity contribution in [2.75, 3.05) is 6.54 Å². The Bertz CT molecular complexity index is 449. The summed E-state index contributed by atoms with van der Waals surface area (Å²) in [6, 6.07) is 6.14. The number of fused-ring (bicyclic) bond motifs is 1. The van der Waals surface area contributed by atoms with Crippen molar-refractivity contribution in [3.05, 3.63) is 35.0 Å². The molecule has 1 unspecified atom stereocenters. The molecule has 0 aliphatic heterocycles. The summed E-state index contributed by atoms with van der Waals surface area (Å²) >= 11 is 0. The molecule has 4 N–H and O–H groups in total. The molecule has 0 spiro atoms. The lowest BCUT2D eigenvalue weighted by Gasteiger charge is -2.03. The fraction of sp³-hybridized carbons (Fsp3) is 0.333. The Kier molecular flexibility index (Phi) is 2.50. The van der Waals surface area contributed by atoms with Gasteiger partial charge in [0.25, 0.3) is 0 Å². The van der Waals surface area contributed by atoms with Gasteiger partial charge in [-0.3, -0.25) is 0 Å². The van der Waals surface area contributed by atoms with Crippen LogP contribution in [0, 0.1) is 13.8 Å². The molecule has 80 valence electrons. The predicted molar refractivity (Wildman–Crippen MR) is 61.8 cm³/mol. The summed E-state index contributed by atoms with van der Waals surface area (Å²) in [5, 5.41) is 10.8. The first-order valence-corrected chi connectivity index (χ1v) is 5.10. The summed E-state index contributed by atoms with van der Waals surface area (Å²) in [4.78, 5) is 3.23. The minimum Gasteiger partial charge on any atom is -0.386 e. The summed E-state index contributed by atoms with van der Waals surface area (Å²) in [7, 11) is 0. The van der Waals surface area contributed by atoms with Gasteiger partial charge in [-0.2, -0.15) is 0 Å². The maximum atomic E-state index is 9.66. The number of hydrogen-bond acceptors (Lipinski definition) is 2. The summed E-state index contributed by atoms with van der Waals surface area (Å²) in [5.41, 5.74) is 9.72. The van der Waals surface area contributed by atoms with Gasteiger partial charge in [-0.05, 0) is 31.0 Å². The monoisotopic (exact) mass is 204 g/mol. The molecule has 0 aliphatic rings. The lowest BCUT2D eigenvalue weighted by atomic mass is 10.1. The molecule has 1 aromatic carbocycles. The molecule has 0 saturated carbocycles. The fourth-order valence-electron chi connectivity index (χ4n) is 1.83. The molecule has 1 atom stereocenters. The van der Waals surface area contributed by atoms with Crippen molar-refractivity contribution in [3.8, 4) is 0 Å². The minimum absolute atomic E-state index is 0.241. The average Bonchev–Trinajstić information content (AvgIpc) is 2.68. The number of rotatable bonds is 2. The summed E-state index contributed by atoms with van der Waals surface area (Å²) < 4.78 is 0. The van der Waals surface area contributed by atoms with Crippen molar-refractivity contribution < 1.29 is 5.11 Å². The second kappa shape index (κ2) is 3.68. The second-order valence-electron chi connectivity index (χ2n) is 3.96. The van der Waals surface area contributed by atoms with E-state index in [-0.39, 0.29) is 6.54 Å². The van der Waals surface area contributed by atoms with Gasteiger partial charge in [0.1, 0.15) is 6.10 Å². The number of benzene rings is 1. The SMILES string of the molecule is Cc1ccc(C)c2[nH]c(C(O)CN)cc12. The highest BCUT2D eigenvalue weighted by Gasteiger charge is 2.10. The number of aliphatic hydroxyl groups excluding tert-OH is 1. The zero-order chi connectivity index (χ0) is 11.0. The molecule has 2 rings (SSSR count). The van der Waals surface area contributed by atoms with Crippen LogP contribution in [0.5, 0.6) is 0 Å². The van der Waals surface area contributed by atoms with E-state index in [4.69, 9.17) is 5.73 Å². The molecular formula is C12H16N2O. The van der Waals surface area contributed by atoms with E-state index >= 15 is 0 Å². The van der Waals surface area contributed by atoms with Crippen LogP contribution in [0.15, 0.2) is 18.2 Å². The van der Waals surface area contributed by atoms with Gasteiger partial charge in [-0.25, -0.2) is 0 Å². The van der Waals surface area contributed by atoms with Crippen LogP contribution in [0.25, 0.3) is 10.9 Å². The van der Waals surface area contributed by atoms with Gasteiger partial charge in [-0.15, -0.1) is 0 Å². The van der Waals surface area contributed by atoms with Gasteiger partial charge in [0, 0.05) is 23.1 Å². The van der Waals surface area contributed by atoms with E-state index in [9.17, 15) is 5.11 Å². The third-order valence-electron chi connectivity index (χ3n) is 2.82. The Morgan fingerprint density at radius 1 is 1.33 bits per heavy atom. The topological polar surface area (TPSA) is 62.0 Å². The van der Waals surface area contributed by atoms with E-state index in [1.807, 2.05) is 6.07 Å². The van der Waals surface area contributed by atoms with E-state index in [1.54, 1.807) is 0 Å². The molecule has 15 heavy (non-hydrogen) atoms. The summed E-state index contributed by atoms with van der Waals surface area (Å²) in [6.45, 7) is 4.36. The number of aliphatic hydroxyl groups is 1. The van der Waals surface area contributed by atoms with Gasteiger partial charge < -0.3 is 15.8 Å². The lowest BCUT2D eigenvalue weighted by Crippen LogP contribution is -2.11. The number of nitrogens with one attached hydrogen (secondary N) is 1. The Labute approximate surface area is 88.9 Å². The smallest absolute Gasteiger partial charge is 0.106 e. The molecule has 0 bridgehead atoms. The van der Waals surface area contributed by atoms with Crippen molar-refractivity contribution >= 4 is 10.9 Å². The van der Waals surface area contributed by atoms with E-state index in [0.717, 1.165) is 16.6 Å². The van der Waals surface area contributed by atoms with Crippen LogP contribution in [-0.2, 0) is 0 Å². The zero-order valence-corrected chi connectivity index (χ0v) is 9.04. The van der Waals surface area contributed by atoms with Gasteiger partial charge in [0.2, 0.25) is 0 Å². The van der Waals surface area contributed by atoms with E-state index in [0.29, 0.717) is 0 Å². The van der Waals surface area contributed by atoms with Crippen LogP contribution in [-0.4, -0.2) is 16.6 Å². The van der Waals surface area contributed by atoms with E-state index in [1.165, 1.54) is 11.1 Å². The van der Waals surface area contributed by atoms with Crippen LogP contribution >= 0.6 is 0 Å². The third-order valence-corrected chi connectivity index (χ3v) is 2.82. The Morgan fingerprint density at radius 3 is 2.60 bits per heavy atom. The maximum absolute atomic E-state index is 9.66. The number of H-pyrrole nitrogens is 1. The molecule has 1 heterocycles. The maximum Gasteiger partial charge on any atom is 0.106 e. The van der Waals surface area contributed by atoms with Crippen LogP contribution < -0.4 is 5.73 Å². The number of aromatic nitrogens is 1. The molecule has 3 heteroatoms. The highest BCUT2D eigenvalue weighted by molar-refractivity contribution is 5.86. The van der Waals surface area contributed by atoms with Crippen molar-refractivity contribution in [2.24, 2.45) is 5.73 Å². The van der Waals surface area contributed by atoms with Gasteiger partial charge in [0.05, 0.1) is 0 Å². The summed E-state index contributed by atoms with van der Waals surface area (Å²) in [6.07, 6.45) is -0.601. The number of aryl methyl sites for hydroxylation is 2. The highest BCUT2D eigenvalue weighted by atomic mass is 16.3. The van der Waals surface area contributed by atoms with Gasteiger partial charge >= 0.3 is 0 Å². The Morgan fingerprint density at radius 2 is 2.00 bits per heavy atom. The van der Waals surface area contributed by atoms with E-state index in [2.05, 4.69) is 31.0 Å². The first-order chi connectivity index (χ1) is 7.13. The number of aromatic amines is 1. The third kappa shape index (κ3) is 1.64. The van der Waals surface area contributed by atoms with Crippen molar-refractivity contribution in [1.29, 1.82) is 0 Å². The first kappa shape index (κ1) is 10.2. The molecule has 3 nitrogen and oxygen atoms in total. The zero-order valence-electron chi connectivity index (χ0n) is 9.04. The fourth-order valence-corrected chi connectivity index (χ4v) is 1.83.